The van der Waals surface area contributed by atoms with Crippen molar-refractivity contribution in [2.75, 3.05) is 5.32 Å². The average molecular weight is 336 g/mol. The summed E-state index contributed by atoms with van der Waals surface area (Å²) in [6.45, 7) is 2.06. The van der Waals surface area contributed by atoms with Crippen molar-refractivity contribution in [2.24, 2.45) is 0 Å². The van der Waals surface area contributed by atoms with Gasteiger partial charge in [0, 0.05) is 20.6 Å². The topological polar surface area (TPSA) is 29.1 Å². The van der Waals surface area contributed by atoms with Crippen molar-refractivity contribution in [3.05, 3.63) is 58.1 Å². The molecule has 2 rings (SSSR count). The Balaban J connectivity index is 2.21. The molecule has 1 amide bonds. The zero-order valence-corrected chi connectivity index (χ0v) is 13.0. The van der Waals surface area contributed by atoms with Crippen molar-refractivity contribution in [3.8, 4) is 0 Å². The maximum atomic E-state index is 12.1. The quantitative estimate of drug-likeness (QED) is 0.791. The molecule has 0 heterocycles. The standard InChI is InChI=1S/C15H14BrNOS/c1-2-10-9-12(16)5-8-14(10)17-15(18)11-3-6-13(19)7-4-11/h3-9,19H,2H2,1H3,(H,17,18). The van der Waals surface area contributed by atoms with E-state index in [1.165, 1.54) is 0 Å². The predicted molar refractivity (Wildman–Crippen MR) is 85.2 cm³/mol. The number of hydrogen-bond acceptors (Lipinski definition) is 2. The molecule has 4 heteroatoms. The normalized spacial score (nSPS) is 10.3. The molecule has 0 saturated carbocycles. The molecule has 0 aromatic heterocycles. The largest absolute Gasteiger partial charge is 0.322 e. The van der Waals surface area contributed by atoms with E-state index < -0.39 is 0 Å². The molecular formula is C15H14BrNOS. The van der Waals surface area contributed by atoms with Crippen LogP contribution >= 0.6 is 28.6 Å². The Labute approximate surface area is 126 Å². The number of halogens is 1. The van der Waals surface area contributed by atoms with Gasteiger partial charge in [0.1, 0.15) is 0 Å². The van der Waals surface area contributed by atoms with Crippen LogP contribution in [0.15, 0.2) is 51.8 Å². The van der Waals surface area contributed by atoms with Crippen molar-refractivity contribution < 1.29 is 4.79 Å². The first-order valence-electron chi connectivity index (χ1n) is 5.99. The summed E-state index contributed by atoms with van der Waals surface area (Å²) in [5.41, 5.74) is 2.59. The van der Waals surface area contributed by atoms with Gasteiger partial charge in [-0.1, -0.05) is 22.9 Å². The minimum absolute atomic E-state index is 0.106. The summed E-state index contributed by atoms with van der Waals surface area (Å²) in [6, 6.07) is 13.0. The van der Waals surface area contributed by atoms with Crippen LogP contribution in [0, 0.1) is 0 Å². The molecule has 98 valence electrons. The van der Waals surface area contributed by atoms with E-state index in [-0.39, 0.29) is 5.91 Å². The van der Waals surface area contributed by atoms with E-state index >= 15 is 0 Å². The van der Waals surface area contributed by atoms with Crippen LogP contribution in [-0.2, 0) is 6.42 Å². The molecule has 0 radical (unpaired) electrons. The molecule has 2 aromatic carbocycles. The molecule has 0 unspecified atom stereocenters. The van der Waals surface area contributed by atoms with E-state index in [0.717, 1.165) is 27.0 Å². The van der Waals surface area contributed by atoms with Crippen LogP contribution in [0.4, 0.5) is 5.69 Å². The van der Waals surface area contributed by atoms with Crippen LogP contribution < -0.4 is 5.32 Å². The fourth-order valence-corrected chi connectivity index (χ4v) is 2.34. The van der Waals surface area contributed by atoms with Crippen molar-refractivity contribution in [3.63, 3.8) is 0 Å². The van der Waals surface area contributed by atoms with Crippen molar-refractivity contribution >= 4 is 40.2 Å². The van der Waals surface area contributed by atoms with Gasteiger partial charge < -0.3 is 5.32 Å². The molecule has 0 atom stereocenters. The number of benzene rings is 2. The molecule has 2 nitrogen and oxygen atoms in total. The van der Waals surface area contributed by atoms with E-state index in [9.17, 15) is 4.79 Å². The van der Waals surface area contributed by atoms with E-state index in [1.54, 1.807) is 24.3 Å². The second kappa shape index (κ2) is 6.26. The Hall–Kier alpha value is -1.26. The third-order valence-electron chi connectivity index (χ3n) is 2.83. The highest BCUT2D eigenvalue weighted by molar-refractivity contribution is 9.10. The van der Waals surface area contributed by atoms with Crippen LogP contribution in [0.25, 0.3) is 0 Å². The first-order valence-corrected chi connectivity index (χ1v) is 7.23. The van der Waals surface area contributed by atoms with Crippen LogP contribution in [-0.4, -0.2) is 5.91 Å². The Bertz CT molecular complexity index is 596. The molecule has 0 aliphatic heterocycles. The van der Waals surface area contributed by atoms with Gasteiger partial charge in [0.15, 0.2) is 0 Å². The number of carbonyl (C=O) groups excluding carboxylic acids is 1. The molecule has 0 bridgehead atoms. The molecule has 19 heavy (non-hydrogen) atoms. The number of anilines is 1. The lowest BCUT2D eigenvalue weighted by molar-refractivity contribution is 0.102. The van der Waals surface area contributed by atoms with Gasteiger partial charge in [-0.3, -0.25) is 4.79 Å². The molecule has 0 aliphatic carbocycles. The van der Waals surface area contributed by atoms with Gasteiger partial charge in [-0.25, -0.2) is 0 Å². The predicted octanol–water partition coefficient (Wildman–Crippen LogP) is 4.55. The van der Waals surface area contributed by atoms with E-state index in [0.29, 0.717) is 5.56 Å². The van der Waals surface area contributed by atoms with Crippen LogP contribution in [0.5, 0.6) is 0 Å². The minimum Gasteiger partial charge on any atom is -0.322 e. The Morgan fingerprint density at radius 3 is 2.53 bits per heavy atom. The zero-order valence-electron chi connectivity index (χ0n) is 10.5. The smallest absolute Gasteiger partial charge is 0.255 e. The highest BCUT2D eigenvalue weighted by atomic mass is 79.9. The van der Waals surface area contributed by atoms with E-state index in [2.05, 4.69) is 40.8 Å². The summed E-state index contributed by atoms with van der Waals surface area (Å²) in [7, 11) is 0. The maximum absolute atomic E-state index is 12.1. The first kappa shape index (κ1) is 14.2. The number of nitrogens with one attached hydrogen (secondary N) is 1. The number of hydrogen-bond donors (Lipinski definition) is 2. The Morgan fingerprint density at radius 1 is 1.21 bits per heavy atom. The highest BCUT2D eigenvalue weighted by Crippen LogP contribution is 2.22. The Kier molecular flexibility index (Phi) is 4.66. The molecule has 0 aliphatic rings. The van der Waals surface area contributed by atoms with Gasteiger partial charge in [0.2, 0.25) is 0 Å². The van der Waals surface area contributed by atoms with Crippen molar-refractivity contribution in [1.82, 2.24) is 0 Å². The first-order chi connectivity index (χ1) is 9.10. The number of carbonyl (C=O) groups is 1. The SMILES string of the molecule is CCc1cc(Br)ccc1NC(=O)c1ccc(S)cc1. The van der Waals surface area contributed by atoms with E-state index in [1.807, 2.05) is 18.2 Å². The number of thiol groups is 1. The Morgan fingerprint density at radius 2 is 1.89 bits per heavy atom. The molecule has 1 N–H and O–H groups in total. The third kappa shape index (κ3) is 3.61. The van der Waals surface area contributed by atoms with Crippen LogP contribution in [0.1, 0.15) is 22.8 Å². The molecule has 0 fully saturated rings. The third-order valence-corrected chi connectivity index (χ3v) is 3.62. The van der Waals surface area contributed by atoms with Crippen LogP contribution in [0.3, 0.4) is 0 Å². The fourth-order valence-electron chi connectivity index (χ4n) is 1.78. The second-order valence-electron chi connectivity index (χ2n) is 4.16. The average Bonchev–Trinajstić information content (AvgIpc) is 2.41. The van der Waals surface area contributed by atoms with Gasteiger partial charge in [-0.2, -0.15) is 0 Å². The summed E-state index contributed by atoms with van der Waals surface area (Å²) in [4.78, 5) is 13.0. The summed E-state index contributed by atoms with van der Waals surface area (Å²) in [5, 5.41) is 2.94. The van der Waals surface area contributed by atoms with Gasteiger partial charge in [-0.15, -0.1) is 12.6 Å². The summed E-state index contributed by atoms with van der Waals surface area (Å²) >= 11 is 7.64. The minimum atomic E-state index is -0.106. The zero-order chi connectivity index (χ0) is 13.8. The summed E-state index contributed by atoms with van der Waals surface area (Å²) < 4.78 is 1.02. The van der Waals surface area contributed by atoms with Gasteiger partial charge in [-0.05, 0) is 54.4 Å². The number of aryl methyl sites for hydroxylation is 1. The van der Waals surface area contributed by atoms with Crippen molar-refractivity contribution in [1.29, 1.82) is 0 Å². The summed E-state index contributed by atoms with van der Waals surface area (Å²) in [6.07, 6.45) is 0.866. The monoisotopic (exact) mass is 335 g/mol. The maximum Gasteiger partial charge on any atom is 0.255 e. The molecule has 2 aromatic rings. The molecule has 0 spiro atoms. The fraction of sp³-hybridized carbons (Fsp3) is 0.133. The molecule has 0 saturated heterocycles. The number of amides is 1. The van der Waals surface area contributed by atoms with E-state index in [4.69, 9.17) is 0 Å². The lowest BCUT2D eigenvalue weighted by atomic mass is 10.1. The highest BCUT2D eigenvalue weighted by Gasteiger charge is 2.08. The molecular weight excluding hydrogens is 322 g/mol. The lowest BCUT2D eigenvalue weighted by Crippen LogP contribution is -2.13. The van der Waals surface area contributed by atoms with Gasteiger partial charge in [0.05, 0.1) is 0 Å². The van der Waals surface area contributed by atoms with Gasteiger partial charge in [0.25, 0.3) is 5.91 Å². The summed E-state index contributed by atoms with van der Waals surface area (Å²) in [5.74, 6) is -0.106. The van der Waals surface area contributed by atoms with Gasteiger partial charge >= 0.3 is 0 Å². The lowest BCUT2D eigenvalue weighted by Gasteiger charge is -2.10. The van der Waals surface area contributed by atoms with Crippen LogP contribution in [0.2, 0.25) is 0 Å². The van der Waals surface area contributed by atoms with Crippen molar-refractivity contribution in [2.45, 2.75) is 18.2 Å². The second-order valence-corrected chi connectivity index (χ2v) is 5.59. The number of rotatable bonds is 3.